The number of nitrogens with one attached hydrogen (secondary N) is 1. The summed E-state index contributed by atoms with van der Waals surface area (Å²) in [7, 11) is 0. The van der Waals surface area contributed by atoms with Crippen molar-refractivity contribution >= 4 is 17.7 Å². The fraction of sp³-hybridized carbons (Fsp3) is 0.917. The Labute approximate surface area is 103 Å². The lowest BCUT2D eigenvalue weighted by molar-refractivity contribution is 0.0518. The maximum Gasteiger partial charge on any atom is 0.407 e. The van der Waals surface area contributed by atoms with Crippen LogP contribution in [0.1, 0.15) is 52.9 Å². The van der Waals surface area contributed by atoms with E-state index in [-0.39, 0.29) is 11.0 Å². The van der Waals surface area contributed by atoms with E-state index in [0.717, 1.165) is 25.7 Å². The molecule has 0 bridgehead atoms. The second kappa shape index (κ2) is 5.26. The summed E-state index contributed by atoms with van der Waals surface area (Å²) in [5.74, 6) is 0. The van der Waals surface area contributed by atoms with Crippen LogP contribution in [0.3, 0.4) is 0 Å². The van der Waals surface area contributed by atoms with E-state index in [1.54, 1.807) is 0 Å². The van der Waals surface area contributed by atoms with Gasteiger partial charge in [0, 0.05) is 6.54 Å². The van der Waals surface area contributed by atoms with Crippen molar-refractivity contribution in [2.75, 3.05) is 6.54 Å². The van der Waals surface area contributed by atoms with Crippen molar-refractivity contribution < 1.29 is 9.53 Å². The zero-order valence-corrected chi connectivity index (χ0v) is 11.2. The van der Waals surface area contributed by atoms with Gasteiger partial charge in [-0.15, -0.1) is 11.6 Å². The molecule has 1 rings (SSSR count). The number of amides is 1. The van der Waals surface area contributed by atoms with Crippen LogP contribution in [0.4, 0.5) is 4.79 Å². The predicted molar refractivity (Wildman–Crippen MR) is 65.9 cm³/mol. The van der Waals surface area contributed by atoms with Crippen LogP contribution < -0.4 is 5.32 Å². The average Bonchev–Trinajstić information content (AvgIpc) is 2.14. The van der Waals surface area contributed by atoms with Crippen molar-refractivity contribution in [2.45, 2.75) is 63.4 Å². The molecule has 1 fully saturated rings. The second-order valence-electron chi connectivity index (χ2n) is 5.57. The van der Waals surface area contributed by atoms with Crippen LogP contribution >= 0.6 is 11.6 Å². The number of hydrogen-bond acceptors (Lipinski definition) is 2. The van der Waals surface area contributed by atoms with Crippen molar-refractivity contribution in [3.63, 3.8) is 0 Å². The zero-order valence-electron chi connectivity index (χ0n) is 10.4. The molecular formula is C12H22ClNO2. The van der Waals surface area contributed by atoms with Crippen molar-refractivity contribution in [1.82, 2.24) is 5.32 Å². The van der Waals surface area contributed by atoms with Gasteiger partial charge in [0.05, 0.1) is 4.87 Å². The van der Waals surface area contributed by atoms with Crippen molar-refractivity contribution in [1.29, 1.82) is 0 Å². The highest BCUT2D eigenvalue weighted by Crippen LogP contribution is 2.33. The molecule has 1 saturated carbocycles. The predicted octanol–water partition coefficient (Wildman–Crippen LogP) is 3.45. The lowest BCUT2D eigenvalue weighted by Gasteiger charge is -2.31. The molecule has 0 aliphatic heterocycles. The Morgan fingerprint density at radius 3 is 2.38 bits per heavy atom. The van der Waals surface area contributed by atoms with Crippen molar-refractivity contribution in [2.24, 2.45) is 0 Å². The molecule has 0 spiro atoms. The molecule has 3 nitrogen and oxygen atoms in total. The van der Waals surface area contributed by atoms with Gasteiger partial charge in [0.1, 0.15) is 5.60 Å². The monoisotopic (exact) mass is 247 g/mol. The summed E-state index contributed by atoms with van der Waals surface area (Å²) in [6.07, 6.45) is 5.13. The topological polar surface area (TPSA) is 38.3 Å². The summed E-state index contributed by atoms with van der Waals surface area (Å²) in [6, 6.07) is 0. The van der Waals surface area contributed by atoms with E-state index in [1.807, 2.05) is 20.8 Å². The first kappa shape index (κ1) is 13.6. The standard InChI is InChI=1S/C12H22ClNO2/c1-11(2,3)16-10(15)14-9-12(13)7-5-4-6-8-12/h4-9H2,1-3H3,(H,14,15). The Hall–Kier alpha value is -0.440. The van der Waals surface area contributed by atoms with Gasteiger partial charge in [-0.05, 0) is 33.6 Å². The first-order valence-corrected chi connectivity index (χ1v) is 6.34. The van der Waals surface area contributed by atoms with E-state index in [0.29, 0.717) is 6.54 Å². The van der Waals surface area contributed by atoms with Gasteiger partial charge in [-0.1, -0.05) is 19.3 Å². The SMILES string of the molecule is CC(C)(C)OC(=O)NCC1(Cl)CCCCC1. The Bertz CT molecular complexity index is 242. The van der Waals surface area contributed by atoms with Crippen LogP contribution in [0.5, 0.6) is 0 Å². The van der Waals surface area contributed by atoms with Gasteiger partial charge in [-0.25, -0.2) is 4.79 Å². The normalized spacial score (nSPS) is 20.2. The number of halogens is 1. The number of carbonyl (C=O) groups is 1. The molecule has 0 unspecified atom stereocenters. The molecular weight excluding hydrogens is 226 g/mol. The van der Waals surface area contributed by atoms with Crippen LogP contribution in [-0.4, -0.2) is 23.1 Å². The third kappa shape index (κ3) is 5.06. The number of rotatable bonds is 2. The summed E-state index contributed by atoms with van der Waals surface area (Å²) in [4.78, 5) is 11.2. The lowest BCUT2D eigenvalue weighted by atomic mass is 9.88. The maximum absolute atomic E-state index is 11.5. The number of hydrogen-bond donors (Lipinski definition) is 1. The quantitative estimate of drug-likeness (QED) is 0.759. The van der Waals surface area contributed by atoms with Gasteiger partial charge in [-0.3, -0.25) is 0 Å². The minimum Gasteiger partial charge on any atom is -0.444 e. The molecule has 4 heteroatoms. The Morgan fingerprint density at radius 1 is 1.31 bits per heavy atom. The zero-order chi connectivity index (χ0) is 12.2. The van der Waals surface area contributed by atoms with Crippen LogP contribution in [0.2, 0.25) is 0 Å². The molecule has 0 atom stereocenters. The number of carbonyl (C=O) groups excluding carboxylic acids is 1. The highest BCUT2D eigenvalue weighted by molar-refractivity contribution is 6.24. The molecule has 0 aromatic heterocycles. The van der Waals surface area contributed by atoms with Crippen LogP contribution in [0.25, 0.3) is 0 Å². The van der Waals surface area contributed by atoms with Gasteiger partial charge in [0.2, 0.25) is 0 Å². The fourth-order valence-corrected chi connectivity index (χ4v) is 2.24. The van der Waals surface area contributed by atoms with Crippen LogP contribution in [0, 0.1) is 0 Å². The molecule has 0 heterocycles. The van der Waals surface area contributed by atoms with Crippen LogP contribution in [-0.2, 0) is 4.74 Å². The average molecular weight is 248 g/mol. The molecule has 1 N–H and O–H groups in total. The maximum atomic E-state index is 11.5. The van der Waals surface area contributed by atoms with Crippen molar-refractivity contribution in [3.8, 4) is 0 Å². The summed E-state index contributed by atoms with van der Waals surface area (Å²) in [6.45, 7) is 6.06. The van der Waals surface area contributed by atoms with Gasteiger partial charge in [-0.2, -0.15) is 0 Å². The minimum absolute atomic E-state index is 0.255. The number of ether oxygens (including phenoxy) is 1. The molecule has 1 aliphatic rings. The number of alkyl halides is 1. The van der Waals surface area contributed by atoms with Crippen molar-refractivity contribution in [3.05, 3.63) is 0 Å². The van der Waals surface area contributed by atoms with E-state index in [1.165, 1.54) is 6.42 Å². The van der Waals surface area contributed by atoms with Gasteiger partial charge < -0.3 is 10.1 Å². The lowest BCUT2D eigenvalue weighted by Crippen LogP contribution is -2.42. The molecule has 16 heavy (non-hydrogen) atoms. The molecule has 0 aromatic rings. The fourth-order valence-electron chi connectivity index (χ4n) is 1.91. The summed E-state index contributed by atoms with van der Waals surface area (Å²) in [5, 5.41) is 2.76. The molecule has 94 valence electrons. The Kier molecular flexibility index (Phi) is 4.48. The van der Waals surface area contributed by atoms with E-state index >= 15 is 0 Å². The van der Waals surface area contributed by atoms with E-state index in [4.69, 9.17) is 16.3 Å². The minimum atomic E-state index is -0.448. The molecule has 0 aromatic carbocycles. The summed E-state index contributed by atoms with van der Waals surface area (Å²) >= 11 is 6.42. The van der Waals surface area contributed by atoms with Crippen LogP contribution in [0.15, 0.2) is 0 Å². The highest BCUT2D eigenvalue weighted by Gasteiger charge is 2.30. The van der Waals surface area contributed by atoms with E-state index in [2.05, 4.69) is 5.32 Å². The van der Waals surface area contributed by atoms with Gasteiger partial charge in [0.15, 0.2) is 0 Å². The van der Waals surface area contributed by atoms with E-state index < -0.39 is 5.60 Å². The van der Waals surface area contributed by atoms with Gasteiger partial charge >= 0.3 is 6.09 Å². The summed E-state index contributed by atoms with van der Waals surface area (Å²) < 4.78 is 5.17. The molecule has 1 aliphatic carbocycles. The van der Waals surface area contributed by atoms with E-state index in [9.17, 15) is 4.79 Å². The number of alkyl carbamates (subject to hydrolysis) is 1. The molecule has 0 saturated heterocycles. The Balaban J connectivity index is 2.30. The first-order chi connectivity index (χ1) is 7.31. The summed E-state index contributed by atoms with van der Waals surface area (Å²) in [5.41, 5.74) is -0.448. The molecule has 1 amide bonds. The Morgan fingerprint density at radius 2 is 1.88 bits per heavy atom. The smallest absolute Gasteiger partial charge is 0.407 e. The third-order valence-corrected chi connectivity index (χ3v) is 3.21. The van der Waals surface area contributed by atoms with Gasteiger partial charge in [0.25, 0.3) is 0 Å². The second-order valence-corrected chi connectivity index (χ2v) is 6.37. The molecule has 0 radical (unpaired) electrons. The largest absolute Gasteiger partial charge is 0.444 e. The third-order valence-electron chi connectivity index (χ3n) is 2.70. The highest BCUT2D eigenvalue weighted by atomic mass is 35.5. The first-order valence-electron chi connectivity index (χ1n) is 5.97.